The summed E-state index contributed by atoms with van der Waals surface area (Å²) in [5.41, 5.74) is 0.267. The fraction of sp³-hybridized carbons (Fsp3) is 0.462. The normalized spacial score (nSPS) is 11.2. The second-order valence-electron chi connectivity index (χ2n) is 4.60. The first-order valence-electron chi connectivity index (χ1n) is 5.53. The van der Waals surface area contributed by atoms with E-state index in [4.69, 9.17) is 10.4 Å². The van der Waals surface area contributed by atoms with Crippen molar-refractivity contribution in [3.05, 3.63) is 35.1 Å². The first-order chi connectivity index (χ1) is 8.00. The molecule has 0 heterocycles. The van der Waals surface area contributed by atoms with Gasteiger partial charge in [0.05, 0.1) is 5.56 Å². The minimum atomic E-state index is -0.470. The molecular formula is C13H17FN2O. The van der Waals surface area contributed by atoms with Crippen LogP contribution in [0.15, 0.2) is 18.2 Å². The Kier molecular flexibility index (Phi) is 4.62. The van der Waals surface area contributed by atoms with Crippen molar-refractivity contribution < 1.29 is 9.50 Å². The predicted molar refractivity (Wildman–Crippen MR) is 63.7 cm³/mol. The number of rotatable bonds is 5. The molecule has 0 radical (unpaired) electrons. The molecule has 4 heteroatoms. The Labute approximate surface area is 101 Å². The second kappa shape index (κ2) is 5.76. The Morgan fingerprint density at radius 3 is 2.76 bits per heavy atom. The van der Waals surface area contributed by atoms with E-state index in [-0.39, 0.29) is 17.7 Å². The Bertz CT molecular complexity index is 424. The van der Waals surface area contributed by atoms with Crippen LogP contribution in [-0.2, 0) is 6.54 Å². The molecular weight excluding hydrogens is 219 g/mol. The zero-order valence-electron chi connectivity index (χ0n) is 10.1. The molecule has 0 aliphatic rings. The zero-order chi connectivity index (χ0) is 12.9. The average molecular weight is 236 g/mol. The van der Waals surface area contributed by atoms with E-state index in [0.29, 0.717) is 18.5 Å². The fourth-order valence-electron chi connectivity index (χ4n) is 1.51. The van der Waals surface area contributed by atoms with E-state index in [0.717, 1.165) is 0 Å². The van der Waals surface area contributed by atoms with Crippen molar-refractivity contribution in [3.63, 3.8) is 0 Å². The minimum Gasteiger partial charge on any atom is -0.396 e. The van der Waals surface area contributed by atoms with Gasteiger partial charge in [-0.2, -0.15) is 5.26 Å². The molecule has 0 aliphatic heterocycles. The van der Waals surface area contributed by atoms with Gasteiger partial charge in [0.25, 0.3) is 0 Å². The van der Waals surface area contributed by atoms with Crippen LogP contribution in [0.2, 0.25) is 0 Å². The standard InChI is InChI=1S/C13H17FN2O/c1-13(2,6-7-17)16-9-11-5-3-4-10(8-15)12(11)14/h3-5,16-17H,6-7,9H2,1-2H3. The maximum Gasteiger partial charge on any atom is 0.145 e. The molecule has 0 saturated carbocycles. The van der Waals surface area contributed by atoms with Crippen LogP contribution in [0.1, 0.15) is 31.4 Å². The molecule has 0 atom stereocenters. The van der Waals surface area contributed by atoms with Crippen molar-refractivity contribution in [1.29, 1.82) is 5.26 Å². The van der Waals surface area contributed by atoms with Gasteiger partial charge < -0.3 is 10.4 Å². The number of hydrogen-bond donors (Lipinski definition) is 2. The first-order valence-corrected chi connectivity index (χ1v) is 5.53. The van der Waals surface area contributed by atoms with Gasteiger partial charge in [0, 0.05) is 24.3 Å². The van der Waals surface area contributed by atoms with E-state index in [1.54, 1.807) is 12.1 Å². The van der Waals surface area contributed by atoms with E-state index in [1.165, 1.54) is 6.07 Å². The molecule has 0 spiro atoms. The maximum absolute atomic E-state index is 13.7. The molecule has 1 aromatic rings. The highest BCUT2D eigenvalue weighted by molar-refractivity contribution is 5.34. The van der Waals surface area contributed by atoms with Gasteiger partial charge in [0.1, 0.15) is 11.9 Å². The summed E-state index contributed by atoms with van der Waals surface area (Å²) in [6, 6.07) is 6.59. The lowest BCUT2D eigenvalue weighted by Gasteiger charge is -2.25. The lowest BCUT2D eigenvalue weighted by Crippen LogP contribution is -2.39. The molecule has 0 aliphatic carbocycles. The minimum absolute atomic E-state index is 0.0595. The highest BCUT2D eigenvalue weighted by atomic mass is 19.1. The summed E-state index contributed by atoms with van der Waals surface area (Å²) in [5.74, 6) is -0.470. The van der Waals surface area contributed by atoms with Crippen LogP contribution >= 0.6 is 0 Å². The van der Waals surface area contributed by atoms with Crippen molar-refractivity contribution >= 4 is 0 Å². The van der Waals surface area contributed by atoms with Crippen molar-refractivity contribution in [3.8, 4) is 6.07 Å². The van der Waals surface area contributed by atoms with Crippen LogP contribution in [0.5, 0.6) is 0 Å². The molecule has 2 N–H and O–H groups in total. The monoisotopic (exact) mass is 236 g/mol. The molecule has 3 nitrogen and oxygen atoms in total. The fourth-order valence-corrected chi connectivity index (χ4v) is 1.51. The van der Waals surface area contributed by atoms with Crippen molar-refractivity contribution in [1.82, 2.24) is 5.32 Å². The van der Waals surface area contributed by atoms with Crippen LogP contribution in [0.3, 0.4) is 0 Å². The van der Waals surface area contributed by atoms with Crippen molar-refractivity contribution in [2.45, 2.75) is 32.4 Å². The molecule has 0 fully saturated rings. The van der Waals surface area contributed by atoms with E-state index in [2.05, 4.69) is 5.32 Å². The molecule has 1 aromatic carbocycles. The molecule has 0 amide bonds. The zero-order valence-corrected chi connectivity index (χ0v) is 10.1. The number of hydrogen-bond acceptors (Lipinski definition) is 3. The number of nitrogens with one attached hydrogen (secondary N) is 1. The number of nitriles is 1. The number of nitrogens with zero attached hydrogens (tertiary/aromatic N) is 1. The predicted octanol–water partition coefficient (Wildman–Crippen LogP) is 1.95. The van der Waals surface area contributed by atoms with E-state index >= 15 is 0 Å². The summed E-state index contributed by atoms with van der Waals surface area (Å²) < 4.78 is 13.7. The van der Waals surface area contributed by atoms with E-state index in [1.807, 2.05) is 19.9 Å². The summed E-state index contributed by atoms with van der Waals surface area (Å²) in [5, 5.41) is 20.7. The molecule has 0 unspecified atom stereocenters. The smallest absolute Gasteiger partial charge is 0.145 e. The van der Waals surface area contributed by atoms with Gasteiger partial charge in [-0.3, -0.25) is 0 Å². The van der Waals surface area contributed by atoms with Gasteiger partial charge in [-0.25, -0.2) is 4.39 Å². The third-order valence-electron chi connectivity index (χ3n) is 2.69. The van der Waals surface area contributed by atoms with Gasteiger partial charge in [-0.15, -0.1) is 0 Å². The largest absolute Gasteiger partial charge is 0.396 e. The molecule has 0 saturated heterocycles. The van der Waals surface area contributed by atoms with Crippen LogP contribution in [0.4, 0.5) is 4.39 Å². The molecule has 0 bridgehead atoms. The molecule has 17 heavy (non-hydrogen) atoms. The summed E-state index contributed by atoms with van der Waals surface area (Å²) in [4.78, 5) is 0. The Hall–Kier alpha value is -1.44. The number of aliphatic hydroxyl groups excluding tert-OH is 1. The number of halogens is 1. The number of benzene rings is 1. The van der Waals surface area contributed by atoms with Gasteiger partial charge >= 0.3 is 0 Å². The third kappa shape index (κ3) is 3.81. The van der Waals surface area contributed by atoms with Gasteiger partial charge in [-0.05, 0) is 26.3 Å². The van der Waals surface area contributed by atoms with Crippen LogP contribution in [0.25, 0.3) is 0 Å². The van der Waals surface area contributed by atoms with Crippen LogP contribution in [-0.4, -0.2) is 17.3 Å². The summed E-state index contributed by atoms with van der Waals surface area (Å²) in [6.45, 7) is 4.31. The highest BCUT2D eigenvalue weighted by Crippen LogP contribution is 2.14. The summed E-state index contributed by atoms with van der Waals surface area (Å²) in [6.07, 6.45) is 0.590. The van der Waals surface area contributed by atoms with Gasteiger partial charge in [-0.1, -0.05) is 12.1 Å². The lowest BCUT2D eigenvalue weighted by molar-refractivity contribution is 0.229. The van der Waals surface area contributed by atoms with E-state index < -0.39 is 5.82 Å². The van der Waals surface area contributed by atoms with Crippen LogP contribution in [0, 0.1) is 17.1 Å². The van der Waals surface area contributed by atoms with Crippen molar-refractivity contribution in [2.75, 3.05) is 6.61 Å². The summed E-state index contributed by atoms with van der Waals surface area (Å²) >= 11 is 0. The molecule has 1 rings (SSSR count). The van der Waals surface area contributed by atoms with Gasteiger partial charge in [0.2, 0.25) is 0 Å². The lowest BCUT2D eigenvalue weighted by atomic mass is 10.0. The Morgan fingerprint density at radius 2 is 2.18 bits per heavy atom. The second-order valence-corrected chi connectivity index (χ2v) is 4.60. The SMILES string of the molecule is CC(C)(CCO)NCc1cccc(C#N)c1F. The number of aliphatic hydroxyl groups is 1. The summed E-state index contributed by atoms with van der Waals surface area (Å²) in [7, 11) is 0. The van der Waals surface area contributed by atoms with Crippen molar-refractivity contribution in [2.24, 2.45) is 0 Å². The topological polar surface area (TPSA) is 56.0 Å². The Balaban J connectivity index is 2.74. The highest BCUT2D eigenvalue weighted by Gasteiger charge is 2.17. The Morgan fingerprint density at radius 1 is 1.47 bits per heavy atom. The molecule has 0 aromatic heterocycles. The van der Waals surface area contributed by atoms with E-state index in [9.17, 15) is 4.39 Å². The van der Waals surface area contributed by atoms with Crippen LogP contribution < -0.4 is 5.32 Å². The third-order valence-corrected chi connectivity index (χ3v) is 2.69. The quantitative estimate of drug-likeness (QED) is 0.821. The first kappa shape index (κ1) is 13.6. The molecule has 92 valence electrons. The average Bonchev–Trinajstić information content (AvgIpc) is 2.28. The maximum atomic E-state index is 13.7. The van der Waals surface area contributed by atoms with Gasteiger partial charge in [0.15, 0.2) is 0 Å².